The molecule has 1 saturated heterocycles. The van der Waals surface area contributed by atoms with Gasteiger partial charge in [0.1, 0.15) is 10.8 Å². The minimum Gasteiger partial charge on any atom is -0.354 e. The summed E-state index contributed by atoms with van der Waals surface area (Å²) in [5.41, 5.74) is -0.719. The van der Waals surface area contributed by atoms with E-state index in [4.69, 9.17) is 11.6 Å². The molecule has 2 aromatic heterocycles. The third kappa shape index (κ3) is 5.61. The van der Waals surface area contributed by atoms with E-state index in [0.29, 0.717) is 5.56 Å². The van der Waals surface area contributed by atoms with Crippen molar-refractivity contribution in [1.29, 1.82) is 0 Å². The Kier molecular flexibility index (Phi) is 7.62. The van der Waals surface area contributed by atoms with Crippen molar-refractivity contribution in [1.82, 2.24) is 30.1 Å². The lowest BCUT2D eigenvalue weighted by atomic mass is 9.98. The maximum absolute atomic E-state index is 13.6. The molecule has 0 aliphatic carbocycles. The molecule has 2 aromatic rings. The number of carbonyl (C=O) groups is 3. The first kappa shape index (κ1) is 27.0. The quantitative estimate of drug-likeness (QED) is 0.371. The number of aromatic nitrogens is 3. The Morgan fingerprint density at radius 2 is 1.75 bits per heavy atom. The van der Waals surface area contributed by atoms with Gasteiger partial charge >= 0.3 is 6.18 Å². The highest BCUT2D eigenvalue weighted by molar-refractivity contribution is 6.29. The second-order valence-electron chi connectivity index (χ2n) is 8.05. The summed E-state index contributed by atoms with van der Waals surface area (Å²) < 4.78 is 53.8. The number of carbonyl (C=O) groups excluding carboxylic acids is 3. The first-order chi connectivity index (χ1) is 16.7. The molecule has 0 aromatic carbocycles. The average molecular weight is 529 g/mol. The molecule has 0 radical (unpaired) electrons. The molecule has 0 unspecified atom stereocenters. The predicted octanol–water partition coefficient (Wildman–Crippen LogP) is 3.17. The number of alkyl halides is 3. The molecule has 36 heavy (non-hydrogen) atoms. The second kappa shape index (κ2) is 10.2. The van der Waals surface area contributed by atoms with Gasteiger partial charge in [0.15, 0.2) is 5.83 Å². The second-order valence-corrected chi connectivity index (χ2v) is 8.44. The van der Waals surface area contributed by atoms with E-state index in [9.17, 15) is 31.9 Å². The number of amides is 3. The van der Waals surface area contributed by atoms with E-state index in [0.717, 1.165) is 6.07 Å². The first-order valence-electron chi connectivity index (χ1n) is 10.5. The van der Waals surface area contributed by atoms with E-state index in [2.05, 4.69) is 26.8 Å². The lowest BCUT2D eigenvalue weighted by molar-refractivity contribution is -0.145. The Bertz CT molecular complexity index is 1240. The summed E-state index contributed by atoms with van der Waals surface area (Å²) in [6.45, 7) is 5.91. The molecule has 2 atom stereocenters. The third-order valence-electron chi connectivity index (χ3n) is 5.47. The fraction of sp³-hybridized carbons (Fsp3) is 0.364. The zero-order valence-corrected chi connectivity index (χ0v) is 20.1. The molecule has 9 nitrogen and oxygen atoms in total. The van der Waals surface area contributed by atoms with Crippen molar-refractivity contribution in [2.24, 2.45) is 0 Å². The highest BCUT2D eigenvalue weighted by Crippen LogP contribution is 2.34. The lowest BCUT2D eigenvalue weighted by Crippen LogP contribution is -2.56. The summed E-state index contributed by atoms with van der Waals surface area (Å²) in [7, 11) is 1.23. The fourth-order valence-electron chi connectivity index (χ4n) is 4.01. The van der Waals surface area contributed by atoms with Crippen LogP contribution >= 0.6 is 11.6 Å². The van der Waals surface area contributed by atoms with Crippen molar-refractivity contribution in [2.75, 3.05) is 20.1 Å². The summed E-state index contributed by atoms with van der Waals surface area (Å²) in [5, 5.41) is 2.05. The molecule has 3 heterocycles. The molecular formula is C22H21ClF4N6O3. The maximum Gasteiger partial charge on any atom is 0.451 e. The van der Waals surface area contributed by atoms with Gasteiger partial charge in [-0.05, 0) is 30.7 Å². The van der Waals surface area contributed by atoms with Crippen LogP contribution in [0.3, 0.4) is 0 Å². The van der Waals surface area contributed by atoms with Crippen LogP contribution in [0.1, 0.15) is 41.8 Å². The van der Waals surface area contributed by atoms with Crippen LogP contribution in [0.15, 0.2) is 30.6 Å². The number of piperazine rings is 1. The number of hydrogen-bond acceptors (Lipinski definition) is 6. The minimum absolute atomic E-state index is 0.0415. The zero-order chi connectivity index (χ0) is 26.9. The number of nitrogens with one attached hydrogen (secondary N) is 1. The van der Waals surface area contributed by atoms with Crippen LogP contribution in [0.25, 0.3) is 11.4 Å². The molecule has 3 amide bonds. The van der Waals surface area contributed by atoms with Crippen molar-refractivity contribution in [2.45, 2.75) is 32.1 Å². The van der Waals surface area contributed by atoms with Crippen LogP contribution < -0.4 is 5.32 Å². The fourth-order valence-corrected chi connectivity index (χ4v) is 4.23. The van der Waals surface area contributed by atoms with Gasteiger partial charge in [0.2, 0.25) is 11.7 Å². The molecule has 0 bridgehead atoms. The molecule has 1 aliphatic rings. The topological polar surface area (TPSA) is 108 Å². The molecular weight excluding hydrogens is 508 g/mol. The van der Waals surface area contributed by atoms with Crippen LogP contribution in [0.5, 0.6) is 0 Å². The van der Waals surface area contributed by atoms with Crippen LogP contribution in [-0.2, 0) is 15.8 Å². The Morgan fingerprint density at radius 3 is 2.31 bits per heavy atom. The van der Waals surface area contributed by atoms with Crippen molar-refractivity contribution in [3.05, 3.63) is 52.8 Å². The molecule has 3 rings (SSSR count). The highest BCUT2D eigenvalue weighted by Gasteiger charge is 2.38. The van der Waals surface area contributed by atoms with Gasteiger partial charge in [0.25, 0.3) is 11.8 Å². The largest absolute Gasteiger partial charge is 0.451 e. The van der Waals surface area contributed by atoms with Crippen LogP contribution in [-0.4, -0.2) is 68.7 Å². The number of pyridine rings is 1. The van der Waals surface area contributed by atoms with Gasteiger partial charge < -0.3 is 15.1 Å². The number of nitrogens with zero attached hydrogens (tertiary/aromatic N) is 5. The maximum atomic E-state index is 13.6. The van der Waals surface area contributed by atoms with E-state index >= 15 is 0 Å². The molecule has 0 saturated carbocycles. The average Bonchev–Trinajstić information content (AvgIpc) is 2.80. The molecule has 1 aliphatic heterocycles. The van der Waals surface area contributed by atoms with Gasteiger partial charge in [-0.3, -0.25) is 14.4 Å². The molecule has 1 fully saturated rings. The number of halogens is 5. The third-order valence-corrected chi connectivity index (χ3v) is 5.67. The van der Waals surface area contributed by atoms with E-state index in [1.54, 1.807) is 6.92 Å². The summed E-state index contributed by atoms with van der Waals surface area (Å²) >= 11 is 6.18. The van der Waals surface area contributed by atoms with Crippen LogP contribution in [0.4, 0.5) is 17.6 Å². The normalized spacial score (nSPS) is 18.1. The van der Waals surface area contributed by atoms with E-state index in [-0.39, 0.29) is 35.5 Å². The molecule has 1 N–H and O–H groups in total. The summed E-state index contributed by atoms with van der Waals surface area (Å²) in [6, 6.07) is 2.37. The monoisotopic (exact) mass is 528 g/mol. The Labute approximate surface area is 208 Å². The number of rotatable bonds is 4. The molecule has 192 valence electrons. The zero-order valence-electron chi connectivity index (χ0n) is 19.4. The standard InChI is InChI=1S/C22H21ClF4N6O3/c1-10-8-32(20(36)11(2)24)9-17(33(10)12(3)34)13-5-14(29-18(23)6-13)15-7-16(19(35)28-4)31-21(30-15)22(25,26)27/h5-7,10,17H,2,8-9H2,1,3-4H3,(H,28,35)/t10-,17-/m0/s1. The Hall–Kier alpha value is -3.61. The van der Waals surface area contributed by atoms with Gasteiger partial charge in [0.05, 0.1) is 17.4 Å². The smallest absolute Gasteiger partial charge is 0.354 e. The van der Waals surface area contributed by atoms with Crippen molar-refractivity contribution < 1.29 is 31.9 Å². The van der Waals surface area contributed by atoms with E-state index in [1.807, 2.05) is 0 Å². The number of hydrogen-bond donors (Lipinski definition) is 1. The van der Waals surface area contributed by atoms with Gasteiger partial charge in [0, 0.05) is 33.1 Å². The van der Waals surface area contributed by atoms with Crippen molar-refractivity contribution in [3.8, 4) is 11.4 Å². The van der Waals surface area contributed by atoms with E-state index < -0.39 is 47.4 Å². The Balaban J connectivity index is 2.16. The predicted molar refractivity (Wildman–Crippen MR) is 120 cm³/mol. The summed E-state index contributed by atoms with van der Waals surface area (Å²) in [4.78, 5) is 50.2. The lowest BCUT2D eigenvalue weighted by Gasteiger charge is -2.45. The Morgan fingerprint density at radius 1 is 1.11 bits per heavy atom. The highest BCUT2D eigenvalue weighted by atomic mass is 35.5. The van der Waals surface area contributed by atoms with Gasteiger partial charge in [-0.15, -0.1) is 0 Å². The molecule has 0 spiro atoms. The summed E-state index contributed by atoms with van der Waals surface area (Å²) in [5.74, 6) is -4.91. The SMILES string of the molecule is C=C(F)C(=O)N1C[C@H](C)N(C(C)=O)[C@H](c2cc(Cl)nc(-c3cc(C(=O)NC)nc(C(F)(F)F)n3)c2)C1. The first-order valence-corrected chi connectivity index (χ1v) is 10.9. The van der Waals surface area contributed by atoms with Crippen LogP contribution in [0.2, 0.25) is 5.15 Å². The minimum atomic E-state index is -4.96. The van der Waals surface area contributed by atoms with Gasteiger partial charge in [-0.2, -0.15) is 13.2 Å². The van der Waals surface area contributed by atoms with Crippen LogP contribution in [0, 0.1) is 0 Å². The van der Waals surface area contributed by atoms with Crippen molar-refractivity contribution in [3.63, 3.8) is 0 Å². The van der Waals surface area contributed by atoms with Gasteiger partial charge in [-0.25, -0.2) is 19.3 Å². The van der Waals surface area contributed by atoms with Gasteiger partial charge in [-0.1, -0.05) is 18.2 Å². The van der Waals surface area contributed by atoms with Crippen molar-refractivity contribution >= 4 is 29.3 Å². The van der Waals surface area contributed by atoms with E-state index in [1.165, 1.54) is 35.9 Å². The molecule has 14 heteroatoms. The summed E-state index contributed by atoms with van der Waals surface area (Å²) in [6.07, 6.45) is -4.96.